The number of aliphatic imine (C=N–C) groups is 1. The topological polar surface area (TPSA) is 178 Å². The van der Waals surface area contributed by atoms with E-state index in [-0.39, 0.29) is 6.42 Å². The highest BCUT2D eigenvalue weighted by Crippen LogP contribution is 2.38. The zero-order valence-corrected chi connectivity index (χ0v) is 16.6. The van der Waals surface area contributed by atoms with E-state index in [2.05, 4.69) is 24.5 Å². The molecule has 12 nitrogen and oxygen atoms in total. The normalized spacial score (nSPS) is 22.8. The molecule has 0 aliphatic carbocycles. The standard InChI is InChI=1S/C16H25N6O6P/c17-5-3-1-2-4-6-18-15-14-16(20-9-19-15)22(10-21-14)13-7-11(23)12(28-13)8-27-29(24,25)26/h6,9-13,23H,1-5,7-8,17H2,(H2,24,25,26)/b18-6-/t11-,12+,13+/m0/s1. The van der Waals surface area contributed by atoms with E-state index in [1.165, 1.54) is 12.7 Å². The van der Waals surface area contributed by atoms with Gasteiger partial charge in [0, 0.05) is 12.6 Å². The van der Waals surface area contributed by atoms with Crippen molar-refractivity contribution in [3.8, 4) is 0 Å². The predicted octanol–water partition coefficient (Wildman–Crippen LogP) is 0.805. The summed E-state index contributed by atoms with van der Waals surface area (Å²) in [4.78, 5) is 34.7. The van der Waals surface area contributed by atoms with Crippen molar-refractivity contribution in [2.75, 3.05) is 13.2 Å². The molecule has 160 valence electrons. The van der Waals surface area contributed by atoms with Gasteiger partial charge in [0.2, 0.25) is 0 Å². The maximum Gasteiger partial charge on any atom is 0.469 e. The molecule has 13 heteroatoms. The summed E-state index contributed by atoms with van der Waals surface area (Å²) >= 11 is 0. The Morgan fingerprint density at radius 3 is 2.93 bits per heavy atom. The Labute approximate surface area is 167 Å². The number of aliphatic hydroxyl groups is 1. The lowest BCUT2D eigenvalue weighted by molar-refractivity contribution is -0.0424. The number of rotatable bonds is 10. The zero-order valence-electron chi connectivity index (χ0n) is 15.7. The fourth-order valence-electron chi connectivity index (χ4n) is 3.06. The number of aromatic nitrogens is 4. The minimum absolute atomic E-state index is 0.199. The number of nitrogens with zero attached hydrogens (tertiary/aromatic N) is 5. The Morgan fingerprint density at radius 1 is 1.34 bits per heavy atom. The Morgan fingerprint density at radius 2 is 2.17 bits per heavy atom. The summed E-state index contributed by atoms with van der Waals surface area (Å²) in [6, 6.07) is 0. The van der Waals surface area contributed by atoms with Gasteiger partial charge >= 0.3 is 7.82 Å². The maximum absolute atomic E-state index is 10.9. The third-order valence-electron chi connectivity index (χ3n) is 4.51. The molecular formula is C16H25N6O6P. The molecule has 0 unspecified atom stereocenters. The first-order valence-electron chi connectivity index (χ1n) is 9.33. The van der Waals surface area contributed by atoms with Crippen LogP contribution in [0.5, 0.6) is 0 Å². The molecule has 1 aliphatic heterocycles. The van der Waals surface area contributed by atoms with E-state index in [0.29, 0.717) is 23.5 Å². The van der Waals surface area contributed by atoms with Crippen LogP contribution in [0.1, 0.15) is 38.3 Å². The van der Waals surface area contributed by atoms with Crippen molar-refractivity contribution in [3.63, 3.8) is 0 Å². The van der Waals surface area contributed by atoms with Gasteiger partial charge in [-0.1, -0.05) is 6.42 Å². The van der Waals surface area contributed by atoms with Gasteiger partial charge < -0.3 is 25.4 Å². The molecule has 29 heavy (non-hydrogen) atoms. The number of ether oxygens (including phenoxy) is 1. The Kier molecular flexibility index (Phi) is 7.41. The van der Waals surface area contributed by atoms with Crippen LogP contribution in [0, 0.1) is 0 Å². The molecule has 1 fully saturated rings. The highest BCUT2D eigenvalue weighted by Gasteiger charge is 2.37. The highest BCUT2D eigenvalue weighted by molar-refractivity contribution is 7.46. The van der Waals surface area contributed by atoms with Gasteiger partial charge in [-0.25, -0.2) is 24.5 Å². The molecule has 5 N–H and O–H groups in total. The number of fused-ring (bicyclic) bond motifs is 1. The number of hydrogen-bond acceptors (Lipinski definition) is 9. The van der Waals surface area contributed by atoms with Crippen LogP contribution in [0.4, 0.5) is 5.82 Å². The zero-order chi connectivity index (χ0) is 20.9. The quantitative estimate of drug-likeness (QED) is 0.240. The molecule has 2 aromatic rings. The van der Waals surface area contributed by atoms with Gasteiger partial charge in [-0.3, -0.25) is 9.09 Å². The molecular weight excluding hydrogens is 403 g/mol. The summed E-state index contributed by atoms with van der Waals surface area (Å²) < 4.78 is 22.6. The number of phosphoric acid groups is 1. The second-order valence-corrected chi connectivity index (χ2v) is 7.93. The first-order valence-corrected chi connectivity index (χ1v) is 10.9. The van der Waals surface area contributed by atoms with E-state index < -0.39 is 32.9 Å². The molecule has 0 amide bonds. The highest BCUT2D eigenvalue weighted by atomic mass is 31.2. The van der Waals surface area contributed by atoms with Crippen LogP contribution in [0.15, 0.2) is 17.6 Å². The van der Waals surface area contributed by atoms with Crippen molar-refractivity contribution < 1.29 is 28.7 Å². The molecule has 1 saturated heterocycles. The van der Waals surface area contributed by atoms with E-state index >= 15 is 0 Å². The van der Waals surface area contributed by atoms with E-state index in [0.717, 1.165) is 25.7 Å². The molecule has 0 bridgehead atoms. The SMILES string of the molecule is NCCCCC/C=N\c1ncnc2c1ncn2[C@H]1C[C@H](O)[C@@H](COP(=O)(O)O)O1. The smallest absolute Gasteiger partial charge is 0.390 e. The van der Waals surface area contributed by atoms with Crippen molar-refractivity contribution in [2.45, 2.75) is 50.5 Å². The van der Waals surface area contributed by atoms with Gasteiger partial charge in [-0.15, -0.1) is 0 Å². The van der Waals surface area contributed by atoms with Gasteiger partial charge in [0.15, 0.2) is 17.0 Å². The first-order chi connectivity index (χ1) is 13.9. The molecule has 2 aromatic heterocycles. The number of aliphatic hydroxyl groups excluding tert-OH is 1. The third kappa shape index (κ3) is 5.86. The predicted molar refractivity (Wildman–Crippen MR) is 104 cm³/mol. The molecule has 3 rings (SSSR count). The molecule has 0 radical (unpaired) electrons. The first kappa shape index (κ1) is 21.9. The summed E-state index contributed by atoms with van der Waals surface area (Å²) in [7, 11) is -4.64. The molecule has 0 aromatic carbocycles. The van der Waals surface area contributed by atoms with Gasteiger partial charge in [-0.05, 0) is 25.8 Å². The lowest BCUT2D eigenvalue weighted by Crippen LogP contribution is -2.25. The number of imidazole rings is 1. The number of phosphoric ester groups is 1. The summed E-state index contributed by atoms with van der Waals surface area (Å²) in [5, 5.41) is 10.1. The van der Waals surface area contributed by atoms with E-state index in [1.807, 2.05) is 0 Å². The van der Waals surface area contributed by atoms with Crippen LogP contribution in [0.25, 0.3) is 11.2 Å². The second kappa shape index (κ2) is 9.81. The average molecular weight is 428 g/mol. The van der Waals surface area contributed by atoms with Crippen molar-refractivity contribution in [1.82, 2.24) is 19.5 Å². The van der Waals surface area contributed by atoms with Gasteiger partial charge in [0.25, 0.3) is 0 Å². The second-order valence-electron chi connectivity index (χ2n) is 6.69. The van der Waals surface area contributed by atoms with Crippen LogP contribution in [-0.4, -0.2) is 66.0 Å². The molecule has 1 aliphatic rings. The molecule has 0 spiro atoms. The van der Waals surface area contributed by atoms with E-state index in [1.54, 1.807) is 10.8 Å². The van der Waals surface area contributed by atoms with Crippen molar-refractivity contribution in [1.29, 1.82) is 0 Å². The van der Waals surface area contributed by atoms with Crippen LogP contribution in [0.3, 0.4) is 0 Å². The minimum atomic E-state index is -4.64. The number of hydrogen-bond donors (Lipinski definition) is 4. The van der Waals surface area contributed by atoms with E-state index in [4.69, 9.17) is 20.3 Å². The van der Waals surface area contributed by atoms with Crippen LogP contribution in [0.2, 0.25) is 0 Å². The minimum Gasteiger partial charge on any atom is -0.390 e. The van der Waals surface area contributed by atoms with Crippen molar-refractivity contribution in [3.05, 3.63) is 12.7 Å². The number of unbranched alkanes of at least 4 members (excludes halogenated alkanes) is 3. The lowest BCUT2D eigenvalue weighted by Gasteiger charge is -2.16. The maximum atomic E-state index is 10.9. The summed E-state index contributed by atoms with van der Waals surface area (Å²) in [6.07, 6.45) is 6.30. The monoisotopic (exact) mass is 428 g/mol. The number of nitrogens with two attached hydrogens (primary N) is 1. The van der Waals surface area contributed by atoms with Gasteiger partial charge in [0.1, 0.15) is 18.7 Å². The Bertz CT molecular complexity index is 886. The fraction of sp³-hybridized carbons (Fsp3) is 0.625. The van der Waals surface area contributed by atoms with Gasteiger partial charge in [-0.2, -0.15) is 0 Å². The van der Waals surface area contributed by atoms with Crippen molar-refractivity contribution >= 4 is 31.0 Å². The van der Waals surface area contributed by atoms with E-state index in [9.17, 15) is 9.67 Å². The van der Waals surface area contributed by atoms with Crippen LogP contribution < -0.4 is 5.73 Å². The largest absolute Gasteiger partial charge is 0.469 e. The Hall–Kier alpha value is -1.79. The summed E-state index contributed by atoms with van der Waals surface area (Å²) in [5.74, 6) is 0.438. The summed E-state index contributed by atoms with van der Waals surface area (Å²) in [5.41, 5.74) is 6.46. The van der Waals surface area contributed by atoms with Gasteiger partial charge in [0.05, 0.1) is 19.0 Å². The lowest BCUT2D eigenvalue weighted by atomic mass is 10.2. The third-order valence-corrected chi connectivity index (χ3v) is 5.00. The van der Waals surface area contributed by atoms with Crippen molar-refractivity contribution in [2.24, 2.45) is 10.7 Å². The Balaban J connectivity index is 1.68. The molecule has 0 saturated carbocycles. The molecule has 3 heterocycles. The molecule has 3 atom stereocenters. The van der Waals surface area contributed by atoms with Crippen LogP contribution in [-0.2, 0) is 13.8 Å². The summed E-state index contributed by atoms with van der Waals surface area (Å²) in [6.45, 7) is 0.259. The fourth-order valence-corrected chi connectivity index (χ4v) is 3.40. The average Bonchev–Trinajstić information content (AvgIpc) is 3.26. The van der Waals surface area contributed by atoms with Crippen LogP contribution >= 0.6 is 7.82 Å².